The van der Waals surface area contributed by atoms with Crippen LogP contribution in [0.3, 0.4) is 0 Å². The van der Waals surface area contributed by atoms with Crippen LogP contribution in [0.5, 0.6) is 5.75 Å². The fourth-order valence-electron chi connectivity index (χ4n) is 2.00. The number of ether oxygens (including phenoxy) is 1. The maximum Gasteiger partial charge on any atom is 0.253 e. The van der Waals surface area contributed by atoms with Crippen molar-refractivity contribution in [1.82, 2.24) is 10.3 Å². The van der Waals surface area contributed by atoms with Crippen molar-refractivity contribution in [1.29, 1.82) is 0 Å². The molecule has 1 aromatic carbocycles. The molecule has 0 spiro atoms. The lowest BCUT2D eigenvalue weighted by Crippen LogP contribution is -2.32. The summed E-state index contributed by atoms with van der Waals surface area (Å²) in [5.74, 6) is 0.697. The van der Waals surface area contributed by atoms with Gasteiger partial charge in [0, 0.05) is 17.5 Å². The Hall–Kier alpha value is -2.10. The number of nitrogens with zero attached hydrogens (tertiary/aromatic N) is 1. The largest absolute Gasteiger partial charge is 0.497 e. The van der Waals surface area contributed by atoms with Crippen LogP contribution in [0.4, 0.5) is 0 Å². The summed E-state index contributed by atoms with van der Waals surface area (Å²) in [7, 11) is 1.63. The van der Waals surface area contributed by atoms with Gasteiger partial charge in [-0.1, -0.05) is 6.92 Å². The Kier molecular flexibility index (Phi) is 4.23. The molecule has 1 amide bonds. The van der Waals surface area contributed by atoms with Crippen LogP contribution in [0, 0.1) is 6.92 Å². The number of rotatable bonds is 4. The highest BCUT2D eigenvalue weighted by atomic mass is 16.5. The molecule has 0 bridgehead atoms. The zero-order valence-electron chi connectivity index (χ0n) is 12.4. The quantitative estimate of drug-likeness (QED) is 0.930. The van der Waals surface area contributed by atoms with Crippen molar-refractivity contribution in [3.05, 3.63) is 35.5 Å². The fourth-order valence-corrected chi connectivity index (χ4v) is 2.00. The lowest BCUT2D eigenvalue weighted by atomic mass is 10.1. The number of benzene rings is 1. The van der Waals surface area contributed by atoms with Gasteiger partial charge in [-0.05, 0) is 38.5 Å². The minimum absolute atomic E-state index is 0.0675. The normalized spacial score (nSPS) is 12.2. The average molecular weight is 272 g/mol. The van der Waals surface area contributed by atoms with Crippen molar-refractivity contribution in [2.24, 2.45) is 0 Å². The molecule has 2 aromatic rings. The number of fused-ring (bicyclic) bond motifs is 1. The number of hydrogen-bond donors (Lipinski definition) is 1. The van der Waals surface area contributed by atoms with E-state index in [2.05, 4.69) is 10.3 Å². The highest BCUT2D eigenvalue weighted by Crippen LogP contribution is 2.21. The second-order valence-electron chi connectivity index (χ2n) is 4.96. The molecule has 106 valence electrons. The number of carbonyl (C=O) groups excluding carboxylic acids is 1. The highest BCUT2D eigenvalue weighted by Gasteiger charge is 2.13. The number of pyridine rings is 1. The molecule has 1 atom stereocenters. The number of carbonyl (C=O) groups is 1. The topological polar surface area (TPSA) is 51.2 Å². The zero-order valence-corrected chi connectivity index (χ0v) is 12.4. The molecule has 4 nitrogen and oxygen atoms in total. The molecule has 1 aromatic heterocycles. The molecule has 1 unspecified atom stereocenters. The number of aromatic nitrogens is 1. The summed E-state index contributed by atoms with van der Waals surface area (Å²) in [5, 5.41) is 3.91. The van der Waals surface area contributed by atoms with Crippen molar-refractivity contribution in [3.8, 4) is 5.75 Å². The van der Waals surface area contributed by atoms with Gasteiger partial charge < -0.3 is 10.1 Å². The third-order valence-corrected chi connectivity index (χ3v) is 3.45. The molecule has 0 aliphatic carbocycles. The predicted octanol–water partition coefficient (Wildman–Crippen LogP) is 3.08. The molecule has 1 heterocycles. The molecule has 0 saturated carbocycles. The molecule has 0 fully saturated rings. The fraction of sp³-hybridized carbons (Fsp3) is 0.375. The van der Waals surface area contributed by atoms with Crippen LogP contribution < -0.4 is 10.1 Å². The second kappa shape index (κ2) is 5.90. The van der Waals surface area contributed by atoms with Gasteiger partial charge in [-0.15, -0.1) is 0 Å². The van der Waals surface area contributed by atoms with E-state index in [1.165, 1.54) is 0 Å². The summed E-state index contributed by atoms with van der Waals surface area (Å²) in [5.41, 5.74) is 2.19. The molecular weight excluding hydrogens is 252 g/mol. The van der Waals surface area contributed by atoms with Gasteiger partial charge in [0.05, 0.1) is 23.9 Å². The smallest absolute Gasteiger partial charge is 0.253 e. The van der Waals surface area contributed by atoms with E-state index in [1.807, 2.05) is 45.0 Å². The maximum absolute atomic E-state index is 12.2. The van der Waals surface area contributed by atoms with E-state index < -0.39 is 0 Å². The van der Waals surface area contributed by atoms with Crippen LogP contribution in [0.2, 0.25) is 0 Å². The molecule has 4 heteroatoms. The molecule has 2 rings (SSSR count). The highest BCUT2D eigenvalue weighted by molar-refractivity contribution is 5.98. The van der Waals surface area contributed by atoms with E-state index in [9.17, 15) is 4.79 Å². The SMILES string of the molecule is CCC(C)NC(=O)c1cc2ccc(OC)cc2nc1C. The Labute approximate surface area is 119 Å². The lowest BCUT2D eigenvalue weighted by molar-refractivity contribution is 0.0938. The van der Waals surface area contributed by atoms with Gasteiger partial charge in [0.25, 0.3) is 5.91 Å². The summed E-state index contributed by atoms with van der Waals surface area (Å²) in [6.45, 7) is 5.89. The summed E-state index contributed by atoms with van der Waals surface area (Å²) < 4.78 is 5.19. The zero-order chi connectivity index (χ0) is 14.7. The van der Waals surface area contributed by atoms with E-state index in [0.29, 0.717) is 5.56 Å². The minimum Gasteiger partial charge on any atom is -0.497 e. The Morgan fingerprint density at radius 3 is 2.80 bits per heavy atom. The number of hydrogen-bond acceptors (Lipinski definition) is 3. The van der Waals surface area contributed by atoms with Crippen molar-refractivity contribution >= 4 is 16.8 Å². The van der Waals surface area contributed by atoms with Crippen molar-refractivity contribution < 1.29 is 9.53 Å². The Morgan fingerprint density at radius 1 is 1.40 bits per heavy atom. The average Bonchev–Trinajstić information content (AvgIpc) is 2.45. The summed E-state index contributed by atoms with van der Waals surface area (Å²) >= 11 is 0. The van der Waals surface area contributed by atoms with Crippen molar-refractivity contribution in [3.63, 3.8) is 0 Å². The van der Waals surface area contributed by atoms with Crippen LogP contribution in [0.1, 0.15) is 36.3 Å². The molecule has 0 radical (unpaired) electrons. The van der Waals surface area contributed by atoms with Gasteiger partial charge in [0.2, 0.25) is 0 Å². The van der Waals surface area contributed by atoms with Crippen LogP contribution in [0.25, 0.3) is 10.9 Å². The van der Waals surface area contributed by atoms with Gasteiger partial charge in [-0.3, -0.25) is 9.78 Å². The van der Waals surface area contributed by atoms with Gasteiger partial charge >= 0.3 is 0 Å². The molecule has 0 aliphatic heterocycles. The Balaban J connectivity index is 2.40. The van der Waals surface area contributed by atoms with Crippen LogP contribution in [0.15, 0.2) is 24.3 Å². The second-order valence-corrected chi connectivity index (χ2v) is 4.96. The number of nitrogens with one attached hydrogen (secondary N) is 1. The van der Waals surface area contributed by atoms with Crippen LogP contribution in [-0.2, 0) is 0 Å². The van der Waals surface area contributed by atoms with E-state index in [0.717, 1.165) is 28.8 Å². The Bertz CT molecular complexity index is 638. The predicted molar refractivity (Wildman–Crippen MR) is 80.3 cm³/mol. The molecule has 0 saturated heterocycles. The van der Waals surface area contributed by atoms with Gasteiger partial charge in [0.15, 0.2) is 0 Å². The third kappa shape index (κ3) is 2.90. The monoisotopic (exact) mass is 272 g/mol. The third-order valence-electron chi connectivity index (χ3n) is 3.45. The Morgan fingerprint density at radius 2 is 2.15 bits per heavy atom. The first-order valence-electron chi connectivity index (χ1n) is 6.81. The van der Waals surface area contributed by atoms with Crippen LogP contribution >= 0.6 is 0 Å². The van der Waals surface area contributed by atoms with Crippen LogP contribution in [-0.4, -0.2) is 24.0 Å². The minimum atomic E-state index is -0.0675. The summed E-state index contributed by atoms with van der Waals surface area (Å²) in [4.78, 5) is 16.7. The molecular formula is C16H20N2O2. The van der Waals surface area contributed by atoms with Gasteiger partial charge in [-0.2, -0.15) is 0 Å². The molecule has 20 heavy (non-hydrogen) atoms. The first kappa shape index (κ1) is 14.3. The van der Waals surface area contributed by atoms with Crippen molar-refractivity contribution in [2.75, 3.05) is 7.11 Å². The van der Waals surface area contributed by atoms with Crippen molar-refractivity contribution in [2.45, 2.75) is 33.2 Å². The number of amides is 1. The summed E-state index contributed by atoms with van der Waals surface area (Å²) in [6, 6.07) is 7.71. The molecule has 0 aliphatic rings. The number of aryl methyl sites for hydroxylation is 1. The number of methoxy groups -OCH3 is 1. The van der Waals surface area contributed by atoms with E-state index >= 15 is 0 Å². The lowest BCUT2D eigenvalue weighted by Gasteiger charge is -2.13. The van der Waals surface area contributed by atoms with E-state index in [1.54, 1.807) is 7.11 Å². The first-order valence-corrected chi connectivity index (χ1v) is 6.81. The first-order chi connectivity index (χ1) is 9.55. The van der Waals surface area contributed by atoms with E-state index in [4.69, 9.17) is 4.74 Å². The van der Waals surface area contributed by atoms with Gasteiger partial charge in [-0.25, -0.2) is 0 Å². The summed E-state index contributed by atoms with van der Waals surface area (Å²) in [6.07, 6.45) is 0.906. The standard InChI is InChI=1S/C16H20N2O2/c1-5-10(2)17-16(19)14-8-12-6-7-13(20-4)9-15(12)18-11(14)3/h6-10H,5H2,1-4H3,(H,17,19). The van der Waals surface area contributed by atoms with Gasteiger partial charge in [0.1, 0.15) is 5.75 Å². The van der Waals surface area contributed by atoms with E-state index in [-0.39, 0.29) is 11.9 Å². The molecule has 1 N–H and O–H groups in total. The maximum atomic E-state index is 12.2.